The van der Waals surface area contributed by atoms with Crippen LogP contribution in [0.2, 0.25) is 0 Å². The number of carbonyl (C=O) groups is 1. The number of hydrogen-bond donors (Lipinski definition) is 2. The quantitative estimate of drug-likeness (QED) is 0.416. The van der Waals surface area contributed by atoms with E-state index >= 15 is 0 Å². The third-order valence-corrected chi connectivity index (χ3v) is 4.80. The van der Waals surface area contributed by atoms with Crippen LogP contribution < -0.4 is 16.1 Å². The first-order valence-corrected chi connectivity index (χ1v) is 9.64. The van der Waals surface area contributed by atoms with Gasteiger partial charge in [0, 0.05) is 31.2 Å². The topological polar surface area (TPSA) is 89.1 Å². The molecule has 3 N–H and O–H groups in total. The van der Waals surface area contributed by atoms with E-state index in [2.05, 4.69) is 32.5 Å². The van der Waals surface area contributed by atoms with Gasteiger partial charge in [-0.2, -0.15) is 0 Å². The van der Waals surface area contributed by atoms with E-state index in [0.29, 0.717) is 17.5 Å². The number of carbonyl (C=O) groups excluding carboxylic acids is 1. The molecule has 1 amide bonds. The number of rotatable bonds is 8. The molecule has 26 heavy (non-hydrogen) atoms. The maximum Gasteiger partial charge on any atom is 0.230 e. The number of nitrogens with one attached hydrogen (secondary N) is 1. The van der Waals surface area contributed by atoms with Gasteiger partial charge in [0.15, 0.2) is 5.82 Å². The number of nitrogens with zero attached hydrogens (tertiary/aromatic N) is 4. The molecular formula is C18H28N6OS. The third-order valence-electron chi connectivity index (χ3n) is 3.86. The van der Waals surface area contributed by atoms with Crippen LogP contribution in [-0.2, 0) is 10.2 Å². The first kappa shape index (κ1) is 20.1. The van der Waals surface area contributed by atoms with Crippen LogP contribution in [0.15, 0.2) is 35.5 Å². The van der Waals surface area contributed by atoms with Gasteiger partial charge in [-0.3, -0.25) is 4.79 Å². The zero-order valence-electron chi connectivity index (χ0n) is 15.9. The van der Waals surface area contributed by atoms with Gasteiger partial charge >= 0.3 is 0 Å². The molecule has 0 atom stereocenters. The number of aromatic nitrogens is 3. The first-order chi connectivity index (χ1) is 12.3. The zero-order valence-corrected chi connectivity index (χ0v) is 16.7. The summed E-state index contributed by atoms with van der Waals surface area (Å²) in [6.45, 7) is 7.58. The predicted octanol–water partition coefficient (Wildman–Crippen LogP) is 2.02. The molecule has 2 aromatic rings. The summed E-state index contributed by atoms with van der Waals surface area (Å²) in [4.78, 5) is 14.2. The average molecular weight is 377 g/mol. The number of hydrogen-bond acceptors (Lipinski definition) is 6. The summed E-state index contributed by atoms with van der Waals surface area (Å²) in [6.07, 6.45) is 0.878. The number of benzene rings is 1. The van der Waals surface area contributed by atoms with Gasteiger partial charge in [0.05, 0.1) is 5.75 Å². The lowest BCUT2D eigenvalue weighted by atomic mass is 9.96. The van der Waals surface area contributed by atoms with Crippen molar-refractivity contribution < 1.29 is 4.79 Å². The Morgan fingerprint density at radius 1 is 1.27 bits per heavy atom. The van der Waals surface area contributed by atoms with Gasteiger partial charge in [0.25, 0.3) is 0 Å². The summed E-state index contributed by atoms with van der Waals surface area (Å²) < 4.78 is 1.47. The highest BCUT2D eigenvalue weighted by molar-refractivity contribution is 7.99. The van der Waals surface area contributed by atoms with Crippen LogP contribution >= 0.6 is 11.8 Å². The van der Waals surface area contributed by atoms with Crippen LogP contribution in [0.3, 0.4) is 0 Å². The van der Waals surface area contributed by atoms with E-state index in [1.54, 1.807) is 0 Å². The lowest BCUT2D eigenvalue weighted by Crippen LogP contribution is -2.29. The van der Waals surface area contributed by atoms with Crippen LogP contribution in [0, 0.1) is 0 Å². The smallest absolute Gasteiger partial charge is 0.230 e. The van der Waals surface area contributed by atoms with Gasteiger partial charge in [-0.05, 0) is 18.6 Å². The van der Waals surface area contributed by atoms with E-state index in [1.807, 2.05) is 46.0 Å². The van der Waals surface area contributed by atoms with Gasteiger partial charge in [0.2, 0.25) is 11.1 Å². The first-order valence-electron chi connectivity index (χ1n) is 8.65. The second-order valence-corrected chi connectivity index (χ2v) is 8.12. The van der Waals surface area contributed by atoms with Crippen LogP contribution in [0.25, 0.3) is 0 Å². The molecule has 1 aromatic carbocycles. The Labute approximate surface area is 159 Å². The largest absolute Gasteiger partial charge is 0.375 e. The fraction of sp³-hybridized carbons (Fsp3) is 0.500. The molecule has 8 heteroatoms. The Hall–Kier alpha value is -2.22. The molecule has 0 fully saturated rings. The minimum Gasteiger partial charge on any atom is -0.375 e. The van der Waals surface area contributed by atoms with Crippen molar-refractivity contribution in [2.75, 3.05) is 36.6 Å². The summed E-state index contributed by atoms with van der Waals surface area (Å²) in [5.74, 6) is 6.96. The lowest BCUT2D eigenvalue weighted by Gasteiger charge is -2.19. The van der Waals surface area contributed by atoms with Crippen molar-refractivity contribution in [2.45, 2.75) is 37.8 Å². The van der Waals surface area contributed by atoms with Crippen molar-refractivity contribution in [1.29, 1.82) is 0 Å². The van der Waals surface area contributed by atoms with Crippen LogP contribution in [-0.4, -0.2) is 46.7 Å². The van der Waals surface area contributed by atoms with Crippen molar-refractivity contribution >= 4 is 23.4 Å². The van der Waals surface area contributed by atoms with Crippen LogP contribution in [0.4, 0.5) is 5.69 Å². The fourth-order valence-electron chi connectivity index (χ4n) is 2.42. The van der Waals surface area contributed by atoms with Gasteiger partial charge in [0.1, 0.15) is 0 Å². The number of anilines is 1. The lowest BCUT2D eigenvalue weighted by molar-refractivity contribution is -0.118. The maximum absolute atomic E-state index is 12.0. The molecule has 0 spiro atoms. The predicted molar refractivity (Wildman–Crippen MR) is 107 cm³/mol. The molecule has 2 rings (SSSR count). The molecule has 0 saturated heterocycles. The van der Waals surface area contributed by atoms with E-state index < -0.39 is 0 Å². The standard InChI is InChI=1S/C18H28N6OS/c1-18(2,3)16-21-22-17(24(16)19)26-13-15(25)20-11-8-12-23(4)14-9-6-5-7-10-14/h5-7,9-10H,8,11-13,19H2,1-4H3,(H,20,25). The van der Waals surface area contributed by atoms with Gasteiger partial charge in [-0.15, -0.1) is 10.2 Å². The molecule has 142 valence electrons. The summed E-state index contributed by atoms with van der Waals surface area (Å²) >= 11 is 1.30. The normalized spacial score (nSPS) is 11.4. The number of amides is 1. The van der Waals surface area contributed by atoms with Crippen molar-refractivity contribution in [3.8, 4) is 0 Å². The Kier molecular flexibility index (Phi) is 6.90. The summed E-state index contributed by atoms with van der Waals surface area (Å²) in [7, 11) is 2.05. The molecule has 1 aromatic heterocycles. The average Bonchev–Trinajstić information content (AvgIpc) is 2.98. The van der Waals surface area contributed by atoms with E-state index in [-0.39, 0.29) is 17.1 Å². The fourth-order valence-corrected chi connectivity index (χ4v) is 3.11. The second kappa shape index (κ2) is 8.93. The van der Waals surface area contributed by atoms with Crippen molar-refractivity contribution in [2.24, 2.45) is 0 Å². The highest BCUT2D eigenvalue weighted by Crippen LogP contribution is 2.22. The molecular weight excluding hydrogens is 348 g/mol. The van der Waals surface area contributed by atoms with Gasteiger partial charge < -0.3 is 16.1 Å². The molecule has 0 saturated carbocycles. The monoisotopic (exact) mass is 376 g/mol. The Bertz CT molecular complexity index is 710. The summed E-state index contributed by atoms with van der Waals surface area (Å²) in [6, 6.07) is 10.2. The zero-order chi connectivity index (χ0) is 19.2. The minimum atomic E-state index is -0.187. The molecule has 0 bridgehead atoms. The number of thioether (sulfide) groups is 1. The van der Waals surface area contributed by atoms with Crippen molar-refractivity contribution in [3.63, 3.8) is 0 Å². The Morgan fingerprint density at radius 2 is 1.96 bits per heavy atom. The van der Waals surface area contributed by atoms with Crippen LogP contribution in [0.5, 0.6) is 0 Å². The summed E-state index contributed by atoms with van der Waals surface area (Å²) in [5.41, 5.74) is 0.986. The van der Waals surface area contributed by atoms with E-state index in [9.17, 15) is 4.79 Å². The highest BCUT2D eigenvalue weighted by atomic mass is 32.2. The van der Waals surface area contributed by atoms with Crippen molar-refractivity contribution in [3.05, 3.63) is 36.2 Å². The van der Waals surface area contributed by atoms with E-state index in [4.69, 9.17) is 5.84 Å². The molecule has 0 aliphatic rings. The number of nitrogens with two attached hydrogens (primary N) is 1. The van der Waals surface area contributed by atoms with Gasteiger partial charge in [-0.25, -0.2) is 4.68 Å². The Morgan fingerprint density at radius 3 is 2.58 bits per heavy atom. The number of para-hydroxylation sites is 1. The number of nitrogen functional groups attached to an aromatic ring is 1. The molecule has 0 aliphatic heterocycles. The van der Waals surface area contributed by atoms with E-state index in [0.717, 1.165) is 13.0 Å². The second-order valence-electron chi connectivity index (χ2n) is 7.18. The molecule has 7 nitrogen and oxygen atoms in total. The molecule has 1 heterocycles. The highest BCUT2D eigenvalue weighted by Gasteiger charge is 2.23. The minimum absolute atomic E-state index is 0.0299. The van der Waals surface area contributed by atoms with Gasteiger partial charge in [-0.1, -0.05) is 50.7 Å². The van der Waals surface area contributed by atoms with Crippen molar-refractivity contribution in [1.82, 2.24) is 20.2 Å². The van der Waals surface area contributed by atoms with Crippen LogP contribution in [0.1, 0.15) is 33.0 Å². The molecule has 0 radical (unpaired) electrons. The third kappa shape index (κ3) is 5.66. The SMILES string of the molecule is CN(CCCNC(=O)CSc1nnc(C(C)(C)C)n1N)c1ccccc1. The Balaban J connectivity index is 1.69. The maximum atomic E-state index is 12.0. The summed E-state index contributed by atoms with van der Waals surface area (Å²) in [5, 5.41) is 11.7. The van der Waals surface area contributed by atoms with E-state index in [1.165, 1.54) is 22.1 Å². The molecule has 0 aliphatic carbocycles. The molecule has 0 unspecified atom stereocenters.